The highest BCUT2D eigenvalue weighted by atomic mass is 79.9. The average molecular weight is 378 g/mol. The first-order chi connectivity index (χ1) is 8.51. The molecule has 1 aromatic heterocycles. The molecule has 0 aliphatic carbocycles. The average Bonchev–Trinajstić information content (AvgIpc) is 2.75. The minimum absolute atomic E-state index is 0.143. The Labute approximate surface area is 120 Å². The second-order valence-corrected chi connectivity index (χ2v) is 5.19. The zero-order valence-electron chi connectivity index (χ0n) is 9.97. The molecule has 0 N–H and O–H groups in total. The Hall–Kier alpha value is -1.01. The normalized spacial score (nSPS) is 10.7. The number of hydrogen-bond donors (Lipinski definition) is 0. The van der Waals surface area contributed by atoms with Gasteiger partial charge in [-0.3, -0.25) is 4.79 Å². The molecule has 6 heteroatoms. The second kappa shape index (κ2) is 4.93. The SMILES string of the molecule is COc1c(Br)c(OC)c2cc(C(C)=O)oc2c1Br. The van der Waals surface area contributed by atoms with Gasteiger partial charge < -0.3 is 13.9 Å². The summed E-state index contributed by atoms with van der Waals surface area (Å²) in [5.41, 5.74) is 0.525. The van der Waals surface area contributed by atoms with Gasteiger partial charge in [-0.2, -0.15) is 0 Å². The Balaban J connectivity index is 2.90. The summed E-state index contributed by atoms with van der Waals surface area (Å²) < 4.78 is 17.4. The lowest BCUT2D eigenvalue weighted by Crippen LogP contribution is -1.91. The van der Waals surface area contributed by atoms with E-state index in [0.29, 0.717) is 31.4 Å². The lowest BCUT2D eigenvalue weighted by Gasteiger charge is -2.11. The molecule has 0 radical (unpaired) electrons. The van der Waals surface area contributed by atoms with Crippen LogP contribution >= 0.6 is 31.9 Å². The van der Waals surface area contributed by atoms with E-state index in [0.717, 1.165) is 0 Å². The Morgan fingerprint density at radius 2 is 1.78 bits per heavy atom. The summed E-state index contributed by atoms with van der Waals surface area (Å²) in [4.78, 5) is 11.4. The van der Waals surface area contributed by atoms with Crippen LogP contribution in [-0.4, -0.2) is 20.0 Å². The summed E-state index contributed by atoms with van der Waals surface area (Å²) in [5, 5.41) is 0.710. The molecule has 96 valence electrons. The number of benzene rings is 1. The van der Waals surface area contributed by atoms with Crippen LogP contribution in [0, 0.1) is 0 Å². The van der Waals surface area contributed by atoms with E-state index in [9.17, 15) is 4.79 Å². The van der Waals surface area contributed by atoms with Crippen molar-refractivity contribution in [2.45, 2.75) is 6.92 Å². The molecule has 1 aromatic carbocycles. The van der Waals surface area contributed by atoms with Crippen LogP contribution in [0.15, 0.2) is 19.4 Å². The molecule has 1 heterocycles. The Morgan fingerprint density at radius 1 is 1.17 bits per heavy atom. The molecule has 2 rings (SSSR count). The van der Waals surface area contributed by atoms with Crippen molar-refractivity contribution in [3.8, 4) is 11.5 Å². The zero-order chi connectivity index (χ0) is 13.4. The fraction of sp³-hybridized carbons (Fsp3) is 0.250. The van der Waals surface area contributed by atoms with Crippen LogP contribution in [0.3, 0.4) is 0 Å². The number of furan rings is 1. The fourth-order valence-corrected chi connectivity index (χ4v) is 3.35. The lowest BCUT2D eigenvalue weighted by atomic mass is 10.2. The van der Waals surface area contributed by atoms with Crippen molar-refractivity contribution in [1.82, 2.24) is 0 Å². The maximum absolute atomic E-state index is 11.4. The quantitative estimate of drug-likeness (QED) is 0.753. The van der Waals surface area contributed by atoms with Crippen LogP contribution in [0.25, 0.3) is 11.0 Å². The van der Waals surface area contributed by atoms with E-state index < -0.39 is 0 Å². The summed E-state index contributed by atoms with van der Waals surface area (Å²) in [6.07, 6.45) is 0. The lowest BCUT2D eigenvalue weighted by molar-refractivity contribution is 0.0989. The van der Waals surface area contributed by atoms with Crippen LogP contribution in [0.1, 0.15) is 17.5 Å². The number of Topliss-reactive ketones (excluding diaryl/α,β-unsaturated/α-hetero) is 1. The Bertz CT molecular complexity index is 631. The van der Waals surface area contributed by atoms with Crippen LogP contribution in [0.4, 0.5) is 0 Å². The highest BCUT2D eigenvalue weighted by molar-refractivity contribution is 9.11. The van der Waals surface area contributed by atoms with Gasteiger partial charge in [-0.1, -0.05) is 0 Å². The number of rotatable bonds is 3. The number of ketones is 1. The van der Waals surface area contributed by atoms with Gasteiger partial charge in [0, 0.05) is 6.92 Å². The number of ether oxygens (including phenoxy) is 2. The summed E-state index contributed by atoms with van der Waals surface area (Å²) in [7, 11) is 3.10. The standard InChI is InChI=1S/C12H10Br2O4/c1-5(15)7-4-6-10(16-2)8(13)12(17-3)9(14)11(6)18-7/h4H,1-3H3. The van der Waals surface area contributed by atoms with E-state index in [2.05, 4.69) is 31.9 Å². The maximum atomic E-state index is 11.4. The third-order valence-electron chi connectivity index (χ3n) is 2.53. The van der Waals surface area contributed by atoms with Crippen molar-refractivity contribution < 1.29 is 18.7 Å². The first-order valence-corrected chi connectivity index (χ1v) is 6.63. The monoisotopic (exact) mass is 376 g/mol. The van der Waals surface area contributed by atoms with Crippen molar-refractivity contribution in [3.63, 3.8) is 0 Å². The first kappa shape index (κ1) is 13.4. The third kappa shape index (κ3) is 1.93. The number of fused-ring (bicyclic) bond motifs is 1. The van der Waals surface area contributed by atoms with Gasteiger partial charge in [0.25, 0.3) is 0 Å². The minimum Gasteiger partial charge on any atom is -0.495 e. The van der Waals surface area contributed by atoms with E-state index in [1.165, 1.54) is 6.92 Å². The molecule has 0 saturated carbocycles. The number of methoxy groups -OCH3 is 2. The molecule has 0 amide bonds. The van der Waals surface area contributed by atoms with Crippen LogP contribution in [0.2, 0.25) is 0 Å². The Kier molecular flexibility index (Phi) is 3.68. The molecular weight excluding hydrogens is 368 g/mol. The van der Waals surface area contributed by atoms with Crippen molar-refractivity contribution in [2.24, 2.45) is 0 Å². The van der Waals surface area contributed by atoms with Gasteiger partial charge in [0.1, 0.15) is 14.7 Å². The molecule has 0 saturated heterocycles. The molecule has 4 nitrogen and oxygen atoms in total. The van der Waals surface area contributed by atoms with E-state index in [4.69, 9.17) is 13.9 Å². The molecule has 0 unspecified atom stereocenters. The number of hydrogen-bond acceptors (Lipinski definition) is 4. The zero-order valence-corrected chi connectivity index (χ0v) is 13.1. The summed E-state index contributed by atoms with van der Waals surface area (Å²) in [6, 6.07) is 1.66. The van der Waals surface area contributed by atoms with E-state index in [-0.39, 0.29) is 11.5 Å². The van der Waals surface area contributed by atoms with E-state index >= 15 is 0 Å². The van der Waals surface area contributed by atoms with Crippen molar-refractivity contribution in [3.05, 3.63) is 20.8 Å². The molecule has 18 heavy (non-hydrogen) atoms. The topological polar surface area (TPSA) is 48.7 Å². The highest BCUT2D eigenvalue weighted by Crippen LogP contribution is 2.47. The predicted octanol–water partition coefficient (Wildman–Crippen LogP) is 4.18. The molecule has 0 atom stereocenters. The fourth-order valence-electron chi connectivity index (χ4n) is 1.70. The van der Waals surface area contributed by atoms with Crippen LogP contribution in [0.5, 0.6) is 11.5 Å². The van der Waals surface area contributed by atoms with Crippen molar-refractivity contribution >= 4 is 48.6 Å². The molecule has 0 spiro atoms. The molecule has 2 aromatic rings. The summed E-state index contributed by atoms with van der Waals surface area (Å²) in [5.74, 6) is 1.27. The smallest absolute Gasteiger partial charge is 0.194 e. The molecular formula is C12H10Br2O4. The van der Waals surface area contributed by atoms with Gasteiger partial charge in [-0.25, -0.2) is 0 Å². The highest BCUT2D eigenvalue weighted by Gasteiger charge is 2.22. The van der Waals surface area contributed by atoms with E-state index in [1.807, 2.05) is 0 Å². The molecule has 0 bridgehead atoms. The van der Waals surface area contributed by atoms with Gasteiger partial charge >= 0.3 is 0 Å². The summed E-state index contributed by atoms with van der Waals surface area (Å²) in [6.45, 7) is 1.45. The number of carbonyl (C=O) groups is 1. The Morgan fingerprint density at radius 3 is 2.28 bits per heavy atom. The van der Waals surface area contributed by atoms with Gasteiger partial charge in [-0.15, -0.1) is 0 Å². The van der Waals surface area contributed by atoms with E-state index in [1.54, 1.807) is 20.3 Å². The number of carbonyl (C=O) groups excluding carboxylic acids is 1. The van der Waals surface area contributed by atoms with Crippen molar-refractivity contribution in [1.29, 1.82) is 0 Å². The maximum Gasteiger partial charge on any atom is 0.194 e. The minimum atomic E-state index is -0.143. The van der Waals surface area contributed by atoms with Gasteiger partial charge in [0.15, 0.2) is 22.9 Å². The third-order valence-corrected chi connectivity index (χ3v) is 3.97. The predicted molar refractivity (Wildman–Crippen MR) is 74.7 cm³/mol. The van der Waals surface area contributed by atoms with Gasteiger partial charge in [-0.05, 0) is 37.9 Å². The molecule has 0 fully saturated rings. The van der Waals surface area contributed by atoms with Gasteiger partial charge in [0.2, 0.25) is 0 Å². The molecule has 0 aliphatic rings. The van der Waals surface area contributed by atoms with Gasteiger partial charge in [0.05, 0.1) is 19.6 Å². The van der Waals surface area contributed by atoms with Crippen molar-refractivity contribution in [2.75, 3.05) is 14.2 Å². The first-order valence-electron chi connectivity index (χ1n) is 5.04. The summed E-state index contributed by atoms with van der Waals surface area (Å²) >= 11 is 6.82. The number of halogens is 2. The second-order valence-electron chi connectivity index (χ2n) is 3.60. The van der Waals surface area contributed by atoms with Crippen LogP contribution in [-0.2, 0) is 0 Å². The van der Waals surface area contributed by atoms with Crippen LogP contribution < -0.4 is 9.47 Å². The molecule has 0 aliphatic heterocycles. The largest absolute Gasteiger partial charge is 0.495 e.